The fourth-order valence-corrected chi connectivity index (χ4v) is 3.96. The molecule has 0 aromatic rings. The van der Waals surface area contributed by atoms with E-state index in [1.54, 1.807) is 0 Å². The Kier molecular flexibility index (Phi) is 5.01. The SMILES string of the molecule is CC(C)(C)[C@@H]1[C@H](CN2CCOCC2)[C@@H](F)CN1C(C)(C)C. The lowest BCUT2D eigenvalue weighted by molar-refractivity contribution is 0.00256. The van der Waals surface area contributed by atoms with Gasteiger partial charge in [0, 0.05) is 43.7 Å². The van der Waals surface area contributed by atoms with Crippen molar-refractivity contribution in [1.82, 2.24) is 9.80 Å². The maximum absolute atomic E-state index is 14.8. The Balaban J connectivity index is 2.16. The first-order valence-corrected chi connectivity index (χ1v) is 8.31. The summed E-state index contributed by atoms with van der Waals surface area (Å²) in [5.74, 6) is 0.0994. The second kappa shape index (κ2) is 6.13. The molecular weight excluding hydrogens is 267 g/mol. The highest BCUT2D eigenvalue weighted by Gasteiger charge is 2.50. The number of ether oxygens (including phenoxy) is 1. The first kappa shape index (κ1) is 17.2. The Morgan fingerprint density at radius 1 is 1.05 bits per heavy atom. The van der Waals surface area contributed by atoms with Gasteiger partial charge in [0.15, 0.2) is 0 Å². The molecule has 2 saturated heterocycles. The van der Waals surface area contributed by atoms with Gasteiger partial charge in [0.05, 0.1) is 13.2 Å². The van der Waals surface area contributed by atoms with Crippen molar-refractivity contribution in [2.45, 2.75) is 59.3 Å². The van der Waals surface area contributed by atoms with E-state index in [0.717, 1.165) is 32.8 Å². The zero-order chi connectivity index (χ0) is 15.8. The Hall–Kier alpha value is -0.190. The van der Waals surface area contributed by atoms with E-state index >= 15 is 0 Å². The van der Waals surface area contributed by atoms with Crippen LogP contribution in [-0.4, -0.2) is 66.9 Å². The third kappa shape index (κ3) is 3.96. The highest BCUT2D eigenvalue weighted by Crippen LogP contribution is 2.42. The number of rotatable bonds is 2. The van der Waals surface area contributed by atoms with Gasteiger partial charge in [-0.2, -0.15) is 0 Å². The zero-order valence-corrected chi connectivity index (χ0v) is 14.7. The van der Waals surface area contributed by atoms with Crippen molar-refractivity contribution < 1.29 is 9.13 Å². The number of hydrogen-bond donors (Lipinski definition) is 0. The number of hydrogen-bond acceptors (Lipinski definition) is 3. The van der Waals surface area contributed by atoms with Crippen molar-refractivity contribution in [3.05, 3.63) is 0 Å². The van der Waals surface area contributed by atoms with Gasteiger partial charge in [0.1, 0.15) is 6.17 Å². The van der Waals surface area contributed by atoms with Gasteiger partial charge in [-0.3, -0.25) is 9.80 Å². The minimum atomic E-state index is -0.726. The number of halogens is 1. The van der Waals surface area contributed by atoms with E-state index in [1.165, 1.54) is 0 Å². The molecule has 3 atom stereocenters. The molecule has 4 heteroatoms. The average molecular weight is 300 g/mol. The lowest BCUT2D eigenvalue weighted by Crippen LogP contribution is -2.53. The summed E-state index contributed by atoms with van der Waals surface area (Å²) in [6.45, 7) is 18.2. The summed E-state index contributed by atoms with van der Waals surface area (Å²) in [6, 6.07) is 0.287. The van der Waals surface area contributed by atoms with Gasteiger partial charge < -0.3 is 4.74 Å². The molecule has 0 aliphatic carbocycles. The number of likely N-dealkylation sites (tertiary alicyclic amines) is 1. The minimum absolute atomic E-state index is 0.0159. The summed E-state index contributed by atoms with van der Waals surface area (Å²) in [5, 5.41) is 0. The van der Waals surface area contributed by atoms with Crippen molar-refractivity contribution in [2.75, 3.05) is 39.4 Å². The molecule has 2 fully saturated rings. The summed E-state index contributed by atoms with van der Waals surface area (Å²) in [6.07, 6.45) is -0.726. The van der Waals surface area contributed by atoms with Crippen LogP contribution < -0.4 is 0 Å². The van der Waals surface area contributed by atoms with Gasteiger partial charge in [0.25, 0.3) is 0 Å². The first-order valence-electron chi connectivity index (χ1n) is 8.31. The van der Waals surface area contributed by atoms with Crippen molar-refractivity contribution in [3.8, 4) is 0 Å². The standard InChI is InChI=1S/C17H33FN2O/c1-16(2,3)15-13(11-19-7-9-21-10-8-19)14(18)12-20(15)17(4,5)6/h13-15H,7-12H2,1-6H3/t13-,14+,15+/m1/s1. The third-order valence-corrected chi connectivity index (χ3v) is 4.90. The molecule has 3 nitrogen and oxygen atoms in total. The molecule has 2 aliphatic rings. The van der Waals surface area contributed by atoms with Crippen LogP contribution in [0.15, 0.2) is 0 Å². The maximum atomic E-state index is 14.8. The van der Waals surface area contributed by atoms with E-state index in [-0.39, 0.29) is 22.9 Å². The van der Waals surface area contributed by atoms with Crippen LogP contribution in [0.2, 0.25) is 0 Å². The van der Waals surface area contributed by atoms with Crippen LogP contribution in [0.1, 0.15) is 41.5 Å². The van der Waals surface area contributed by atoms with Crippen LogP contribution >= 0.6 is 0 Å². The van der Waals surface area contributed by atoms with E-state index in [2.05, 4.69) is 51.3 Å². The number of nitrogens with zero attached hydrogens (tertiary/aromatic N) is 2. The van der Waals surface area contributed by atoms with Gasteiger partial charge in [-0.05, 0) is 26.2 Å². The number of morpholine rings is 1. The van der Waals surface area contributed by atoms with Crippen LogP contribution in [-0.2, 0) is 4.74 Å². The summed E-state index contributed by atoms with van der Waals surface area (Å²) in [4.78, 5) is 4.77. The molecule has 0 aromatic carbocycles. The van der Waals surface area contributed by atoms with Gasteiger partial charge >= 0.3 is 0 Å². The molecule has 0 N–H and O–H groups in total. The Labute approximate surface area is 129 Å². The molecular formula is C17H33FN2O. The van der Waals surface area contributed by atoms with E-state index in [1.807, 2.05) is 0 Å². The normalized spacial score (nSPS) is 33.6. The molecule has 0 saturated carbocycles. The summed E-state index contributed by atoms with van der Waals surface area (Å²) < 4.78 is 20.2. The third-order valence-electron chi connectivity index (χ3n) is 4.90. The largest absolute Gasteiger partial charge is 0.379 e. The topological polar surface area (TPSA) is 15.7 Å². The van der Waals surface area contributed by atoms with E-state index < -0.39 is 6.17 Å². The predicted octanol–water partition coefficient (Wildman–Crippen LogP) is 2.80. The Morgan fingerprint density at radius 3 is 2.10 bits per heavy atom. The smallest absolute Gasteiger partial charge is 0.118 e. The fourth-order valence-electron chi connectivity index (χ4n) is 3.96. The Bertz CT molecular complexity index is 342. The molecule has 0 radical (unpaired) electrons. The van der Waals surface area contributed by atoms with Gasteiger partial charge in [-0.15, -0.1) is 0 Å². The van der Waals surface area contributed by atoms with Crippen LogP contribution in [0.5, 0.6) is 0 Å². The first-order chi connectivity index (χ1) is 9.60. The highest BCUT2D eigenvalue weighted by atomic mass is 19.1. The van der Waals surface area contributed by atoms with Crippen molar-refractivity contribution in [2.24, 2.45) is 11.3 Å². The van der Waals surface area contributed by atoms with Crippen LogP contribution in [0.25, 0.3) is 0 Å². The van der Waals surface area contributed by atoms with Crippen LogP contribution in [0, 0.1) is 11.3 Å². The van der Waals surface area contributed by atoms with Crippen molar-refractivity contribution in [3.63, 3.8) is 0 Å². The monoisotopic (exact) mass is 300 g/mol. The molecule has 124 valence electrons. The molecule has 0 bridgehead atoms. The molecule has 0 amide bonds. The molecule has 0 spiro atoms. The predicted molar refractivity (Wildman–Crippen MR) is 85.3 cm³/mol. The minimum Gasteiger partial charge on any atom is -0.379 e. The molecule has 2 rings (SSSR count). The lowest BCUT2D eigenvalue weighted by atomic mass is 9.77. The molecule has 21 heavy (non-hydrogen) atoms. The van der Waals surface area contributed by atoms with Gasteiger partial charge in [-0.25, -0.2) is 4.39 Å². The van der Waals surface area contributed by atoms with E-state index in [4.69, 9.17) is 4.74 Å². The lowest BCUT2D eigenvalue weighted by Gasteiger charge is -2.45. The van der Waals surface area contributed by atoms with Crippen molar-refractivity contribution in [1.29, 1.82) is 0 Å². The van der Waals surface area contributed by atoms with Crippen LogP contribution in [0.3, 0.4) is 0 Å². The molecule has 0 unspecified atom stereocenters. The van der Waals surface area contributed by atoms with E-state index in [9.17, 15) is 4.39 Å². The molecule has 2 aliphatic heterocycles. The second-order valence-electron chi connectivity index (χ2n) is 8.73. The highest BCUT2D eigenvalue weighted by molar-refractivity contribution is 5.03. The van der Waals surface area contributed by atoms with Crippen molar-refractivity contribution >= 4 is 0 Å². The Morgan fingerprint density at radius 2 is 1.62 bits per heavy atom. The second-order valence-corrected chi connectivity index (χ2v) is 8.73. The average Bonchev–Trinajstić information content (AvgIpc) is 2.68. The number of alkyl halides is 1. The van der Waals surface area contributed by atoms with Gasteiger partial charge in [-0.1, -0.05) is 20.8 Å². The molecule has 0 aromatic heterocycles. The summed E-state index contributed by atoms with van der Waals surface area (Å²) >= 11 is 0. The summed E-state index contributed by atoms with van der Waals surface area (Å²) in [5.41, 5.74) is 0.104. The zero-order valence-electron chi connectivity index (χ0n) is 14.7. The summed E-state index contributed by atoms with van der Waals surface area (Å²) in [7, 11) is 0. The maximum Gasteiger partial charge on any atom is 0.118 e. The van der Waals surface area contributed by atoms with Gasteiger partial charge in [0.2, 0.25) is 0 Å². The van der Waals surface area contributed by atoms with Crippen LogP contribution in [0.4, 0.5) is 4.39 Å². The quantitative estimate of drug-likeness (QED) is 0.780. The fraction of sp³-hybridized carbons (Fsp3) is 1.00. The molecule has 2 heterocycles. The van der Waals surface area contributed by atoms with E-state index in [0.29, 0.717) is 6.54 Å².